The van der Waals surface area contributed by atoms with Gasteiger partial charge in [-0.05, 0) is 61.6 Å². The Morgan fingerprint density at radius 2 is 1.92 bits per heavy atom. The molecule has 0 radical (unpaired) electrons. The molecular formula is C20H20ClN3OS. The Balaban J connectivity index is 1.68. The normalized spacial score (nSPS) is 13.8. The molecule has 4 nitrogen and oxygen atoms in total. The van der Waals surface area contributed by atoms with Crippen LogP contribution in [0.3, 0.4) is 0 Å². The maximum absolute atomic E-state index is 12.2. The molecule has 0 aliphatic heterocycles. The van der Waals surface area contributed by atoms with E-state index in [9.17, 15) is 10.1 Å². The highest BCUT2D eigenvalue weighted by Crippen LogP contribution is 2.26. The molecule has 0 atom stereocenters. The minimum absolute atomic E-state index is 0.130. The molecule has 1 heterocycles. The summed E-state index contributed by atoms with van der Waals surface area (Å²) in [4.78, 5) is 16.9. The molecule has 0 unspecified atom stereocenters. The highest BCUT2D eigenvalue weighted by Gasteiger charge is 2.15. The van der Waals surface area contributed by atoms with E-state index >= 15 is 0 Å². The number of carbonyl (C=O) groups excluding carboxylic acids is 1. The molecule has 1 N–H and O–H groups in total. The predicted octanol–water partition coefficient (Wildman–Crippen LogP) is 5.00. The van der Waals surface area contributed by atoms with Crippen molar-refractivity contribution in [1.82, 2.24) is 4.98 Å². The summed E-state index contributed by atoms with van der Waals surface area (Å²) in [6, 6.07) is 11.2. The largest absolute Gasteiger partial charge is 0.325 e. The van der Waals surface area contributed by atoms with Gasteiger partial charge in [0.15, 0.2) is 0 Å². The zero-order chi connectivity index (χ0) is 18.4. The van der Waals surface area contributed by atoms with Crippen LogP contribution >= 0.6 is 23.4 Å². The van der Waals surface area contributed by atoms with Crippen LogP contribution in [-0.4, -0.2) is 16.6 Å². The van der Waals surface area contributed by atoms with Gasteiger partial charge in [0.05, 0.1) is 11.3 Å². The lowest BCUT2D eigenvalue weighted by atomic mass is 9.96. The molecule has 0 saturated heterocycles. The molecule has 1 aromatic heterocycles. The highest BCUT2D eigenvalue weighted by atomic mass is 35.5. The van der Waals surface area contributed by atoms with Crippen LogP contribution in [-0.2, 0) is 17.6 Å². The Labute approximate surface area is 163 Å². The van der Waals surface area contributed by atoms with Gasteiger partial charge in [0.1, 0.15) is 11.1 Å². The van der Waals surface area contributed by atoms with Gasteiger partial charge < -0.3 is 5.32 Å². The van der Waals surface area contributed by atoms with Crippen LogP contribution in [0, 0.1) is 11.3 Å². The number of halogens is 1. The number of rotatable bonds is 4. The number of hydrogen-bond acceptors (Lipinski definition) is 4. The second-order valence-electron chi connectivity index (χ2n) is 6.32. The molecular weight excluding hydrogens is 366 g/mol. The van der Waals surface area contributed by atoms with Gasteiger partial charge in [0.25, 0.3) is 0 Å². The molecule has 26 heavy (non-hydrogen) atoms. The number of thioether (sulfide) groups is 1. The average Bonchev–Trinajstić information content (AvgIpc) is 2.62. The first kappa shape index (κ1) is 18.8. The number of pyridine rings is 1. The van der Waals surface area contributed by atoms with E-state index < -0.39 is 0 Å². The predicted molar refractivity (Wildman–Crippen MR) is 106 cm³/mol. The van der Waals surface area contributed by atoms with Gasteiger partial charge in [-0.3, -0.25) is 4.79 Å². The van der Waals surface area contributed by atoms with Crippen molar-refractivity contribution < 1.29 is 4.79 Å². The van der Waals surface area contributed by atoms with Crippen molar-refractivity contribution in [3.05, 3.63) is 52.2 Å². The Hall–Kier alpha value is -2.03. The summed E-state index contributed by atoms with van der Waals surface area (Å²) in [7, 11) is 0. The number of aryl methyl sites for hydroxylation is 2. The van der Waals surface area contributed by atoms with Gasteiger partial charge in [0, 0.05) is 16.4 Å². The zero-order valence-corrected chi connectivity index (χ0v) is 16.0. The van der Waals surface area contributed by atoms with E-state index in [0.717, 1.165) is 31.4 Å². The van der Waals surface area contributed by atoms with Crippen LogP contribution in [0.5, 0.6) is 0 Å². The first-order valence-corrected chi connectivity index (χ1v) is 10.1. The fourth-order valence-electron chi connectivity index (χ4n) is 3.02. The lowest BCUT2D eigenvalue weighted by Gasteiger charge is -2.15. The standard InChI is InChI=1S/C20H20ClN3OS/c21-16-7-9-17(10-8-16)23-19(25)13-26-20-15(12-22)11-14-5-3-1-2-4-6-18(14)24-20/h7-11H,1-6,13H2,(H,23,25). The maximum atomic E-state index is 12.2. The molecule has 6 heteroatoms. The summed E-state index contributed by atoms with van der Waals surface area (Å²) in [5.74, 6) is 0.0815. The monoisotopic (exact) mass is 385 g/mol. The summed E-state index contributed by atoms with van der Waals surface area (Å²) in [6.45, 7) is 0. The number of fused-ring (bicyclic) bond motifs is 1. The molecule has 1 aliphatic carbocycles. The number of hydrogen-bond donors (Lipinski definition) is 1. The Morgan fingerprint density at radius 1 is 1.19 bits per heavy atom. The van der Waals surface area contributed by atoms with Crippen LogP contribution in [0.1, 0.15) is 42.5 Å². The molecule has 0 saturated carbocycles. The van der Waals surface area contributed by atoms with Gasteiger partial charge in [-0.2, -0.15) is 5.26 Å². The summed E-state index contributed by atoms with van der Waals surface area (Å²) < 4.78 is 0. The summed E-state index contributed by atoms with van der Waals surface area (Å²) in [5, 5.41) is 13.6. The SMILES string of the molecule is N#Cc1cc2c(nc1SCC(=O)Nc1ccc(Cl)cc1)CCCCCC2. The van der Waals surface area contributed by atoms with Crippen molar-refractivity contribution in [2.24, 2.45) is 0 Å². The van der Waals surface area contributed by atoms with E-state index in [-0.39, 0.29) is 11.7 Å². The molecule has 3 rings (SSSR count). The molecule has 0 spiro atoms. The topological polar surface area (TPSA) is 65.8 Å². The fourth-order valence-corrected chi connectivity index (χ4v) is 3.92. The van der Waals surface area contributed by atoms with Crippen LogP contribution in [0.25, 0.3) is 0 Å². The second kappa shape index (κ2) is 9.07. The molecule has 1 aliphatic rings. The third-order valence-electron chi connectivity index (χ3n) is 4.35. The van der Waals surface area contributed by atoms with E-state index in [1.54, 1.807) is 24.3 Å². The van der Waals surface area contributed by atoms with Crippen molar-refractivity contribution in [1.29, 1.82) is 5.26 Å². The number of nitrogens with zero attached hydrogens (tertiary/aromatic N) is 2. The van der Waals surface area contributed by atoms with Crippen LogP contribution in [0.2, 0.25) is 5.02 Å². The Morgan fingerprint density at radius 3 is 2.65 bits per heavy atom. The highest BCUT2D eigenvalue weighted by molar-refractivity contribution is 8.00. The zero-order valence-electron chi connectivity index (χ0n) is 14.4. The van der Waals surface area contributed by atoms with E-state index in [1.807, 2.05) is 6.07 Å². The summed E-state index contributed by atoms with van der Waals surface area (Å²) in [6.07, 6.45) is 6.68. The first-order chi connectivity index (χ1) is 12.7. The number of nitriles is 1. The molecule has 134 valence electrons. The van der Waals surface area contributed by atoms with Gasteiger partial charge in [0.2, 0.25) is 5.91 Å². The van der Waals surface area contributed by atoms with E-state index in [0.29, 0.717) is 21.3 Å². The second-order valence-corrected chi connectivity index (χ2v) is 7.72. The minimum atomic E-state index is -0.130. The van der Waals surface area contributed by atoms with Crippen LogP contribution in [0.4, 0.5) is 5.69 Å². The molecule has 2 aromatic rings. The third-order valence-corrected chi connectivity index (χ3v) is 5.60. The fraction of sp³-hybridized carbons (Fsp3) is 0.350. The molecule has 0 bridgehead atoms. The van der Waals surface area contributed by atoms with E-state index in [1.165, 1.54) is 30.2 Å². The van der Waals surface area contributed by atoms with Crippen molar-refractivity contribution in [2.75, 3.05) is 11.1 Å². The lowest BCUT2D eigenvalue weighted by Crippen LogP contribution is -2.14. The van der Waals surface area contributed by atoms with Crippen molar-refractivity contribution in [3.63, 3.8) is 0 Å². The van der Waals surface area contributed by atoms with Crippen molar-refractivity contribution in [3.8, 4) is 6.07 Å². The van der Waals surface area contributed by atoms with Gasteiger partial charge >= 0.3 is 0 Å². The van der Waals surface area contributed by atoms with Crippen LogP contribution < -0.4 is 5.32 Å². The third kappa shape index (κ3) is 5.00. The van der Waals surface area contributed by atoms with Gasteiger partial charge in [-0.25, -0.2) is 4.98 Å². The Bertz CT molecular complexity index is 830. The lowest BCUT2D eigenvalue weighted by molar-refractivity contribution is -0.113. The van der Waals surface area contributed by atoms with Gasteiger partial charge in [-0.1, -0.05) is 36.2 Å². The maximum Gasteiger partial charge on any atom is 0.234 e. The average molecular weight is 386 g/mol. The minimum Gasteiger partial charge on any atom is -0.325 e. The number of nitrogens with one attached hydrogen (secondary N) is 1. The number of amides is 1. The number of benzene rings is 1. The number of aromatic nitrogens is 1. The molecule has 0 fully saturated rings. The van der Waals surface area contributed by atoms with E-state index in [2.05, 4.69) is 11.4 Å². The van der Waals surface area contributed by atoms with Gasteiger partial charge in [-0.15, -0.1) is 0 Å². The molecule has 1 amide bonds. The Kier molecular flexibility index (Phi) is 6.54. The smallest absolute Gasteiger partial charge is 0.234 e. The molecule has 1 aromatic carbocycles. The van der Waals surface area contributed by atoms with Crippen molar-refractivity contribution >= 4 is 35.0 Å². The van der Waals surface area contributed by atoms with E-state index in [4.69, 9.17) is 16.6 Å². The summed E-state index contributed by atoms with van der Waals surface area (Å²) in [5.41, 5.74) is 3.54. The summed E-state index contributed by atoms with van der Waals surface area (Å²) >= 11 is 7.16. The van der Waals surface area contributed by atoms with Crippen LogP contribution in [0.15, 0.2) is 35.4 Å². The number of carbonyl (C=O) groups is 1. The van der Waals surface area contributed by atoms with Crippen molar-refractivity contribution in [2.45, 2.75) is 43.6 Å². The quantitative estimate of drug-likeness (QED) is 0.752. The first-order valence-electron chi connectivity index (χ1n) is 8.77. The number of anilines is 1.